The normalized spacial score (nSPS) is 13.5. The van der Waals surface area contributed by atoms with Gasteiger partial charge < -0.3 is 9.72 Å². The van der Waals surface area contributed by atoms with Crippen molar-refractivity contribution < 1.29 is 4.74 Å². The molecule has 4 nitrogen and oxygen atoms in total. The summed E-state index contributed by atoms with van der Waals surface area (Å²) in [6.45, 7) is 0.554. The predicted molar refractivity (Wildman–Crippen MR) is 76.0 cm³/mol. The smallest absolute Gasteiger partial charge is 0.255 e. The highest BCUT2D eigenvalue weighted by molar-refractivity contribution is 7.98. The SMILES string of the molecule is COCc1cccc(-c2nc3c(c(=O)[nH]2)CSC3)c1. The minimum Gasteiger partial charge on any atom is -0.380 e. The van der Waals surface area contributed by atoms with Gasteiger partial charge in [0.15, 0.2) is 0 Å². The van der Waals surface area contributed by atoms with Crippen LogP contribution in [-0.2, 0) is 22.8 Å². The molecule has 1 aromatic heterocycles. The molecule has 0 atom stereocenters. The molecule has 0 fully saturated rings. The quantitative estimate of drug-likeness (QED) is 0.933. The maximum absolute atomic E-state index is 12.0. The molecular formula is C14H14N2O2S. The third kappa shape index (κ3) is 2.43. The van der Waals surface area contributed by atoms with Gasteiger partial charge in [0.1, 0.15) is 5.82 Å². The van der Waals surface area contributed by atoms with Crippen LogP contribution in [0.15, 0.2) is 29.1 Å². The van der Waals surface area contributed by atoms with E-state index >= 15 is 0 Å². The number of aromatic nitrogens is 2. The number of hydrogen-bond acceptors (Lipinski definition) is 4. The zero-order valence-corrected chi connectivity index (χ0v) is 11.4. The average molecular weight is 274 g/mol. The molecule has 0 bridgehead atoms. The zero-order valence-electron chi connectivity index (χ0n) is 10.6. The predicted octanol–water partition coefficient (Wildman–Crippen LogP) is 2.33. The van der Waals surface area contributed by atoms with E-state index in [2.05, 4.69) is 9.97 Å². The highest BCUT2D eigenvalue weighted by Crippen LogP contribution is 2.27. The molecule has 1 aliphatic heterocycles. The standard InChI is InChI=1S/C14H14N2O2S/c1-18-6-9-3-2-4-10(5-9)13-15-12-8-19-7-11(12)14(17)16-13/h2-5H,6-8H2,1H3,(H,15,16,17). The Labute approximate surface area is 115 Å². The number of fused-ring (bicyclic) bond motifs is 1. The molecule has 2 aromatic rings. The Morgan fingerprint density at radius 3 is 3.16 bits per heavy atom. The first-order valence-corrected chi connectivity index (χ1v) is 7.21. The second-order valence-electron chi connectivity index (χ2n) is 4.47. The maximum atomic E-state index is 12.0. The van der Waals surface area contributed by atoms with Crippen molar-refractivity contribution in [1.29, 1.82) is 0 Å². The van der Waals surface area contributed by atoms with E-state index in [1.807, 2.05) is 24.3 Å². The number of nitrogens with zero attached hydrogens (tertiary/aromatic N) is 1. The van der Waals surface area contributed by atoms with Crippen LogP contribution in [0, 0.1) is 0 Å². The maximum Gasteiger partial charge on any atom is 0.255 e. The molecule has 0 radical (unpaired) electrons. The average Bonchev–Trinajstić information content (AvgIpc) is 2.88. The lowest BCUT2D eigenvalue weighted by Gasteiger charge is -2.06. The van der Waals surface area contributed by atoms with Gasteiger partial charge in [0.2, 0.25) is 0 Å². The first kappa shape index (κ1) is 12.4. The molecule has 2 heterocycles. The molecule has 1 aromatic carbocycles. The summed E-state index contributed by atoms with van der Waals surface area (Å²) >= 11 is 1.73. The largest absolute Gasteiger partial charge is 0.380 e. The van der Waals surface area contributed by atoms with Gasteiger partial charge in [-0.1, -0.05) is 18.2 Å². The van der Waals surface area contributed by atoms with Gasteiger partial charge in [0.05, 0.1) is 12.3 Å². The van der Waals surface area contributed by atoms with Crippen LogP contribution in [0.5, 0.6) is 0 Å². The number of ether oxygens (including phenoxy) is 1. The third-order valence-corrected chi connectivity index (χ3v) is 4.07. The van der Waals surface area contributed by atoms with Gasteiger partial charge >= 0.3 is 0 Å². The highest BCUT2D eigenvalue weighted by atomic mass is 32.2. The van der Waals surface area contributed by atoms with Crippen molar-refractivity contribution in [1.82, 2.24) is 9.97 Å². The number of H-pyrrole nitrogens is 1. The van der Waals surface area contributed by atoms with Gasteiger partial charge in [-0.2, -0.15) is 11.8 Å². The topological polar surface area (TPSA) is 55.0 Å². The van der Waals surface area contributed by atoms with Crippen molar-refractivity contribution in [2.45, 2.75) is 18.1 Å². The monoisotopic (exact) mass is 274 g/mol. The molecule has 1 N–H and O–H groups in total. The Morgan fingerprint density at radius 1 is 1.42 bits per heavy atom. The van der Waals surface area contributed by atoms with Gasteiger partial charge in [0, 0.05) is 29.7 Å². The fourth-order valence-electron chi connectivity index (χ4n) is 2.17. The number of hydrogen-bond donors (Lipinski definition) is 1. The zero-order chi connectivity index (χ0) is 13.2. The number of benzene rings is 1. The molecule has 0 amide bonds. The van der Waals surface area contributed by atoms with E-state index in [0.29, 0.717) is 12.4 Å². The van der Waals surface area contributed by atoms with Gasteiger partial charge in [-0.05, 0) is 11.6 Å². The van der Waals surface area contributed by atoms with Crippen LogP contribution in [0.4, 0.5) is 0 Å². The lowest BCUT2D eigenvalue weighted by Crippen LogP contribution is -2.15. The molecule has 0 unspecified atom stereocenters. The van der Waals surface area contributed by atoms with E-state index in [1.165, 1.54) is 0 Å². The Morgan fingerprint density at radius 2 is 2.32 bits per heavy atom. The van der Waals surface area contributed by atoms with Gasteiger partial charge in [0.25, 0.3) is 5.56 Å². The van der Waals surface area contributed by atoms with Crippen molar-refractivity contribution in [3.8, 4) is 11.4 Å². The number of nitrogens with one attached hydrogen (secondary N) is 1. The fraction of sp³-hybridized carbons (Fsp3) is 0.286. The second kappa shape index (κ2) is 5.19. The number of aromatic amines is 1. The van der Waals surface area contributed by atoms with Gasteiger partial charge in [-0.25, -0.2) is 4.98 Å². The molecule has 0 saturated heterocycles. The van der Waals surface area contributed by atoms with E-state index in [0.717, 1.165) is 33.9 Å². The minimum atomic E-state index is -0.0119. The molecular weight excluding hydrogens is 260 g/mol. The highest BCUT2D eigenvalue weighted by Gasteiger charge is 2.18. The van der Waals surface area contributed by atoms with E-state index in [4.69, 9.17) is 4.74 Å². The van der Waals surface area contributed by atoms with Crippen molar-refractivity contribution in [2.75, 3.05) is 7.11 Å². The molecule has 0 spiro atoms. The van der Waals surface area contributed by atoms with Crippen LogP contribution < -0.4 is 5.56 Å². The number of methoxy groups -OCH3 is 1. The summed E-state index contributed by atoms with van der Waals surface area (Å²) in [6, 6.07) is 7.89. The summed E-state index contributed by atoms with van der Waals surface area (Å²) in [5.74, 6) is 2.23. The summed E-state index contributed by atoms with van der Waals surface area (Å²) in [7, 11) is 1.67. The van der Waals surface area contributed by atoms with Crippen LogP contribution in [0.3, 0.4) is 0 Å². The number of rotatable bonds is 3. The third-order valence-electron chi connectivity index (χ3n) is 3.10. The molecule has 0 saturated carbocycles. The summed E-state index contributed by atoms with van der Waals surface area (Å²) in [5, 5.41) is 0. The lowest BCUT2D eigenvalue weighted by atomic mass is 10.1. The summed E-state index contributed by atoms with van der Waals surface area (Å²) in [4.78, 5) is 19.4. The first-order valence-electron chi connectivity index (χ1n) is 6.06. The van der Waals surface area contributed by atoms with Crippen molar-refractivity contribution in [2.24, 2.45) is 0 Å². The van der Waals surface area contributed by atoms with Crippen LogP contribution in [0.1, 0.15) is 16.8 Å². The number of thioether (sulfide) groups is 1. The summed E-state index contributed by atoms with van der Waals surface area (Å²) < 4.78 is 5.12. The van der Waals surface area contributed by atoms with E-state index < -0.39 is 0 Å². The van der Waals surface area contributed by atoms with E-state index in [-0.39, 0.29) is 5.56 Å². The van der Waals surface area contributed by atoms with Gasteiger partial charge in [-0.15, -0.1) is 0 Å². The molecule has 19 heavy (non-hydrogen) atoms. The summed E-state index contributed by atoms with van der Waals surface area (Å²) in [6.07, 6.45) is 0. The van der Waals surface area contributed by atoms with Crippen LogP contribution in [0.2, 0.25) is 0 Å². The molecule has 3 rings (SSSR count). The Balaban J connectivity index is 2.05. The minimum absolute atomic E-state index is 0.0119. The van der Waals surface area contributed by atoms with Crippen molar-refractivity contribution in [3.63, 3.8) is 0 Å². The first-order chi connectivity index (χ1) is 9.28. The second-order valence-corrected chi connectivity index (χ2v) is 5.45. The lowest BCUT2D eigenvalue weighted by molar-refractivity contribution is 0.185. The Bertz CT molecular complexity index is 667. The van der Waals surface area contributed by atoms with Crippen LogP contribution in [0.25, 0.3) is 11.4 Å². The molecule has 5 heteroatoms. The Kier molecular flexibility index (Phi) is 3.40. The molecule has 0 aliphatic carbocycles. The van der Waals surface area contributed by atoms with Gasteiger partial charge in [-0.3, -0.25) is 4.79 Å². The Hall–Kier alpha value is -1.59. The van der Waals surface area contributed by atoms with E-state index in [9.17, 15) is 4.79 Å². The fourth-order valence-corrected chi connectivity index (χ4v) is 3.21. The van der Waals surface area contributed by atoms with Crippen molar-refractivity contribution in [3.05, 3.63) is 51.4 Å². The van der Waals surface area contributed by atoms with E-state index in [1.54, 1.807) is 18.9 Å². The van der Waals surface area contributed by atoms with Crippen LogP contribution in [-0.4, -0.2) is 17.1 Å². The summed E-state index contributed by atoms with van der Waals surface area (Å²) in [5.41, 5.74) is 3.72. The molecule has 1 aliphatic rings. The van der Waals surface area contributed by atoms with Crippen LogP contribution >= 0.6 is 11.8 Å². The van der Waals surface area contributed by atoms with Crippen molar-refractivity contribution >= 4 is 11.8 Å². The molecule has 98 valence electrons.